The summed E-state index contributed by atoms with van der Waals surface area (Å²) in [6, 6.07) is 23.8. The molecule has 5 rings (SSSR count). The zero-order valence-corrected chi connectivity index (χ0v) is 18.4. The second kappa shape index (κ2) is 7.68. The lowest BCUT2D eigenvalue weighted by atomic mass is 9.93. The van der Waals surface area contributed by atoms with Crippen LogP contribution in [0.1, 0.15) is 33.1 Å². The monoisotopic (exact) mass is 423 g/mol. The van der Waals surface area contributed by atoms with Gasteiger partial charge in [-0.2, -0.15) is 0 Å². The van der Waals surface area contributed by atoms with Gasteiger partial charge in [0, 0.05) is 36.1 Å². The van der Waals surface area contributed by atoms with Crippen LogP contribution in [-0.4, -0.2) is 47.2 Å². The minimum Gasteiger partial charge on any atom is -0.354 e. The molecule has 1 aromatic heterocycles. The third kappa shape index (κ3) is 3.17. The number of amides is 2. The van der Waals surface area contributed by atoms with E-state index in [9.17, 15) is 9.59 Å². The van der Waals surface area contributed by atoms with E-state index in [1.54, 1.807) is 19.0 Å². The summed E-state index contributed by atoms with van der Waals surface area (Å²) in [6.45, 7) is 2.09. The molecule has 0 saturated carbocycles. The van der Waals surface area contributed by atoms with Crippen molar-refractivity contribution in [1.82, 2.24) is 14.8 Å². The second-order valence-electron chi connectivity index (χ2n) is 8.54. The summed E-state index contributed by atoms with van der Waals surface area (Å²) in [5.41, 5.74) is 6.83. The Morgan fingerprint density at radius 1 is 0.969 bits per heavy atom. The fourth-order valence-electron chi connectivity index (χ4n) is 4.53. The molecular formula is C27H25N3O2. The Balaban J connectivity index is 1.77. The third-order valence-corrected chi connectivity index (χ3v) is 6.22. The van der Waals surface area contributed by atoms with E-state index in [2.05, 4.69) is 48.3 Å². The molecule has 1 atom stereocenters. The van der Waals surface area contributed by atoms with Gasteiger partial charge in [0.1, 0.15) is 6.54 Å². The number of hydrogen-bond acceptors (Lipinski definition) is 2. The highest BCUT2D eigenvalue weighted by Gasteiger charge is 2.41. The average molecular weight is 424 g/mol. The fraction of sp³-hybridized carbons (Fsp3) is 0.185. The quantitative estimate of drug-likeness (QED) is 0.514. The molecule has 160 valence electrons. The number of aryl methyl sites for hydroxylation is 1. The molecule has 0 spiro atoms. The van der Waals surface area contributed by atoms with Crippen molar-refractivity contribution < 1.29 is 9.59 Å². The zero-order valence-electron chi connectivity index (χ0n) is 18.4. The number of H-pyrrole nitrogens is 1. The Morgan fingerprint density at radius 3 is 2.41 bits per heavy atom. The number of hydrogen-bond donors (Lipinski definition) is 1. The van der Waals surface area contributed by atoms with Gasteiger partial charge < -0.3 is 14.8 Å². The van der Waals surface area contributed by atoms with Gasteiger partial charge in [0.25, 0.3) is 5.91 Å². The van der Waals surface area contributed by atoms with Gasteiger partial charge in [-0.1, -0.05) is 66.2 Å². The first kappa shape index (κ1) is 20.1. The number of carbonyl (C=O) groups is 2. The first-order chi connectivity index (χ1) is 15.5. The van der Waals surface area contributed by atoms with Gasteiger partial charge in [-0.05, 0) is 30.2 Å². The molecule has 1 aliphatic rings. The van der Waals surface area contributed by atoms with Gasteiger partial charge in [0.2, 0.25) is 5.91 Å². The summed E-state index contributed by atoms with van der Waals surface area (Å²) in [5, 5.41) is 1.06. The molecule has 5 heteroatoms. The highest BCUT2D eigenvalue weighted by atomic mass is 16.2. The molecule has 0 aliphatic carbocycles. The number of fused-ring (bicyclic) bond motifs is 2. The maximum absolute atomic E-state index is 13.4. The van der Waals surface area contributed by atoms with Gasteiger partial charge >= 0.3 is 0 Å². The Morgan fingerprint density at radius 2 is 1.66 bits per heavy atom. The van der Waals surface area contributed by atoms with Crippen LogP contribution in [0.5, 0.6) is 0 Å². The standard InChI is InChI=1S/C27H25N3O2/c1-17-12-14-18(15-13-17)25-24(21-10-6-7-11-22(21)28-25)26-19-8-4-5-9-20(19)27(32)30(26)16-23(31)29(2)3/h4-15,26,28H,16H2,1-3H3/t26-/m1/s1. The third-order valence-electron chi connectivity index (χ3n) is 6.22. The van der Waals surface area contributed by atoms with Crippen molar-refractivity contribution in [2.75, 3.05) is 20.6 Å². The van der Waals surface area contributed by atoms with Crippen LogP contribution in [0.2, 0.25) is 0 Å². The first-order valence-electron chi connectivity index (χ1n) is 10.7. The van der Waals surface area contributed by atoms with E-state index in [0.29, 0.717) is 5.56 Å². The SMILES string of the molecule is Cc1ccc(-c2[nH]c3ccccc3c2[C@H]2c3ccccc3C(=O)N2CC(=O)N(C)C)cc1. The van der Waals surface area contributed by atoms with Crippen LogP contribution in [-0.2, 0) is 4.79 Å². The average Bonchev–Trinajstić information content (AvgIpc) is 3.30. The number of carbonyl (C=O) groups excluding carboxylic acids is 2. The van der Waals surface area contributed by atoms with Gasteiger partial charge in [-0.3, -0.25) is 9.59 Å². The Hall–Kier alpha value is -3.86. The summed E-state index contributed by atoms with van der Waals surface area (Å²) in [5.74, 6) is -0.214. The Kier molecular flexibility index (Phi) is 4.82. The van der Waals surface area contributed by atoms with E-state index < -0.39 is 0 Å². The number of nitrogens with zero attached hydrogens (tertiary/aromatic N) is 2. The lowest BCUT2D eigenvalue weighted by molar-refractivity contribution is -0.129. The highest BCUT2D eigenvalue weighted by molar-refractivity contribution is 6.03. The number of benzene rings is 3. The van der Waals surface area contributed by atoms with E-state index in [-0.39, 0.29) is 24.4 Å². The van der Waals surface area contributed by atoms with Crippen molar-refractivity contribution in [3.05, 3.63) is 95.1 Å². The predicted octanol–water partition coefficient (Wildman–Crippen LogP) is 4.78. The Labute approximate surface area is 187 Å². The van der Waals surface area contributed by atoms with Gasteiger partial charge in [0.05, 0.1) is 11.7 Å². The molecule has 0 fully saturated rings. The van der Waals surface area contributed by atoms with E-state index in [1.165, 1.54) is 10.5 Å². The predicted molar refractivity (Wildman–Crippen MR) is 126 cm³/mol. The molecule has 5 nitrogen and oxygen atoms in total. The van der Waals surface area contributed by atoms with Crippen molar-refractivity contribution >= 4 is 22.7 Å². The van der Waals surface area contributed by atoms with E-state index >= 15 is 0 Å². The molecule has 2 heterocycles. The van der Waals surface area contributed by atoms with E-state index in [0.717, 1.165) is 33.3 Å². The smallest absolute Gasteiger partial charge is 0.255 e. The summed E-state index contributed by atoms with van der Waals surface area (Å²) >= 11 is 0. The van der Waals surface area contributed by atoms with Crippen molar-refractivity contribution in [2.24, 2.45) is 0 Å². The van der Waals surface area contributed by atoms with Gasteiger partial charge in [-0.25, -0.2) is 0 Å². The normalized spacial score (nSPS) is 15.3. The lowest BCUT2D eigenvalue weighted by Crippen LogP contribution is -2.39. The number of rotatable bonds is 4. The molecule has 1 aliphatic heterocycles. The minimum absolute atomic E-state index is 0.0258. The highest BCUT2D eigenvalue weighted by Crippen LogP contribution is 2.45. The minimum atomic E-state index is -0.352. The van der Waals surface area contributed by atoms with E-state index in [1.807, 2.05) is 36.4 Å². The van der Waals surface area contributed by atoms with Crippen molar-refractivity contribution in [1.29, 1.82) is 0 Å². The van der Waals surface area contributed by atoms with Gasteiger partial charge in [-0.15, -0.1) is 0 Å². The van der Waals surface area contributed by atoms with Gasteiger partial charge in [0.15, 0.2) is 0 Å². The Bertz CT molecular complexity index is 1330. The number of para-hydroxylation sites is 1. The molecule has 2 amide bonds. The van der Waals surface area contributed by atoms with E-state index in [4.69, 9.17) is 0 Å². The maximum atomic E-state index is 13.4. The van der Waals surface area contributed by atoms with Crippen LogP contribution in [0.4, 0.5) is 0 Å². The number of nitrogens with one attached hydrogen (secondary N) is 1. The molecule has 0 bridgehead atoms. The summed E-state index contributed by atoms with van der Waals surface area (Å²) < 4.78 is 0. The number of aromatic nitrogens is 1. The molecule has 0 saturated heterocycles. The zero-order chi connectivity index (χ0) is 22.4. The molecule has 3 aromatic carbocycles. The van der Waals surface area contributed by atoms with Crippen LogP contribution in [0.3, 0.4) is 0 Å². The van der Waals surface area contributed by atoms with Crippen LogP contribution in [0, 0.1) is 6.92 Å². The maximum Gasteiger partial charge on any atom is 0.255 e. The number of likely N-dealkylation sites (N-methyl/N-ethyl adjacent to an activating group) is 1. The van der Waals surface area contributed by atoms with Crippen molar-refractivity contribution in [3.63, 3.8) is 0 Å². The largest absolute Gasteiger partial charge is 0.354 e. The molecule has 4 aromatic rings. The molecule has 0 radical (unpaired) electrons. The molecule has 1 N–H and O–H groups in total. The fourth-order valence-corrected chi connectivity index (χ4v) is 4.53. The second-order valence-corrected chi connectivity index (χ2v) is 8.54. The summed E-state index contributed by atoms with van der Waals surface area (Å²) in [6.07, 6.45) is 0. The van der Waals surface area contributed by atoms with Crippen LogP contribution in [0.15, 0.2) is 72.8 Å². The van der Waals surface area contributed by atoms with Crippen molar-refractivity contribution in [3.8, 4) is 11.3 Å². The summed E-state index contributed by atoms with van der Waals surface area (Å²) in [4.78, 5) is 33.0. The summed E-state index contributed by atoms with van der Waals surface area (Å²) in [7, 11) is 3.43. The lowest BCUT2D eigenvalue weighted by Gasteiger charge is -2.27. The van der Waals surface area contributed by atoms with Crippen LogP contribution >= 0.6 is 0 Å². The molecular weight excluding hydrogens is 398 g/mol. The van der Waals surface area contributed by atoms with Crippen molar-refractivity contribution in [2.45, 2.75) is 13.0 Å². The van der Waals surface area contributed by atoms with Crippen LogP contribution < -0.4 is 0 Å². The molecule has 32 heavy (non-hydrogen) atoms. The topological polar surface area (TPSA) is 56.4 Å². The number of aromatic amines is 1. The van der Waals surface area contributed by atoms with Crippen LogP contribution in [0.25, 0.3) is 22.2 Å². The first-order valence-corrected chi connectivity index (χ1v) is 10.7. The molecule has 0 unspecified atom stereocenters.